The molecule has 106 valence electrons. The smallest absolute Gasteiger partial charge is 0.142 e. The summed E-state index contributed by atoms with van der Waals surface area (Å²) in [5, 5.41) is 3.65. The Kier molecular flexibility index (Phi) is 5.61. The minimum Gasteiger partial charge on any atom is -0.312 e. The van der Waals surface area contributed by atoms with Crippen LogP contribution in [0.2, 0.25) is 5.02 Å². The van der Waals surface area contributed by atoms with Crippen LogP contribution in [0.5, 0.6) is 0 Å². The van der Waals surface area contributed by atoms with E-state index in [4.69, 9.17) is 11.6 Å². The van der Waals surface area contributed by atoms with Crippen molar-refractivity contribution in [3.63, 3.8) is 0 Å². The summed E-state index contributed by atoms with van der Waals surface area (Å²) in [6, 6.07) is 4.97. The van der Waals surface area contributed by atoms with Crippen molar-refractivity contribution in [2.45, 2.75) is 26.3 Å². The summed E-state index contributed by atoms with van der Waals surface area (Å²) in [5.41, 5.74) is 0.840. The van der Waals surface area contributed by atoms with Gasteiger partial charge in [0.05, 0.1) is 5.02 Å². The first-order chi connectivity index (χ1) is 9.20. The quantitative estimate of drug-likeness (QED) is 0.892. The topological polar surface area (TPSA) is 15.3 Å². The van der Waals surface area contributed by atoms with Crippen LogP contribution in [0.3, 0.4) is 0 Å². The lowest BCUT2D eigenvalue weighted by molar-refractivity contribution is 0.190. The highest BCUT2D eigenvalue weighted by molar-refractivity contribution is 6.31. The number of nitrogens with zero attached hydrogens (tertiary/aromatic N) is 1. The standard InChI is InChI=1S/C15H22ClFN2/c1-2-19-8-6-12(7-9-19)10-18-11-13-4-3-5-14(17)15(13)16/h3-5,12,18H,2,6-11H2,1H3. The second-order valence-electron chi connectivity index (χ2n) is 5.22. The van der Waals surface area contributed by atoms with Crippen LogP contribution in [0.15, 0.2) is 18.2 Å². The van der Waals surface area contributed by atoms with Gasteiger partial charge in [-0.15, -0.1) is 0 Å². The molecule has 1 N–H and O–H groups in total. The monoisotopic (exact) mass is 284 g/mol. The van der Waals surface area contributed by atoms with Gasteiger partial charge >= 0.3 is 0 Å². The molecule has 0 radical (unpaired) electrons. The van der Waals surface area contributed by atoms with Crippen molar-refractivity contribution in [3.05, 3.63) is 34.6 Å². The van der Waals surface area contributed by atoms with Crippen LogP contribution in [-0.4, -0.2) is 31.1 Å². The zero-order valence-corrected chi connectivity index (χ0v) is 12.2. The van der Waals surface area contributed by atoms with Gasteiger partial charge < -0.3 is 10.2 Å². The largest absolute Gasteiger partial charge is 0.312 e. The molecule has 0 unspecified atom stereocenters. The first-order valence-electron chi connectivity index (χ1n) is 7.06. The predicted molar refractivity (Wildman–Crippen MR) is 78.0 cm³/mol. The van der Waals surface area contributed by atoms with Gasteiger partial charge in [0.2, 0.25) is 0 Å². The van der Waals surface area contributed by atoms with E-state index in [1.165, 1.54) is 32.0 Å². The second kappa shape index (κ2) is 7.22. The average molecular weight is 285 g/mol. The number of likely N-dealkylation sites (tertiary alicyclic amines) is 1. The Morgan fingerprint density at radius 2 is 2.11 bits per heavy atom. The third kappa shape index (κ3) is 4.16. The molecule has 0 amide bonds. The van der Waals surface area contributed by atoms with Crippen molar-refractivity contribution in [2.24, 2.45) is 5.92 Å². The van der Waals surface area contributed by atoms with Crippen molar-refractivity contribution in [1.82, 2.24) is 10.2 Å². The molecule has 1 saturated heterocycles. The molecule has 0 atom stereocenters. The lowest BCUT2D eigenvalue weighted by Crippen LogP contribution is -2.36. The van der Waals surface area contributed by atoms with Gasteiger partial charge in [0, 0.05) is 6.54 Å². The Morgan fingerprint density at radius 3 is 2.79 bits per heavy atom. The summed E-state index contributed by atoms with van der Waals surface area (Å²) in [7, 11) is 0. The molecule has 19 heavy (non-hydrogen) atoms. The van der Waals surface area contributed by atoms with Gasteiger partial charge in [-0.3, -0.25) is 0 Å². The molecule has 0 bridgehead atoms. The molecule has 1 aliphatic rings. The zero-order chi connectivity index (χ0) is 13.7. The van der Waals surface area contributed by atoms with E-state index in [1.807, 2.05) is 6.07 Å². The normalized spacial score (nSPS) is 17.8. The van der Waals surface area contributed by atoms with Crippen LogP contribution < -0.4 is 5.32 Å². The molecule has 2 rings (SSSR count). The minimum absolute atomic E-state index is 0.246. The average Bonchev–Trinajstić information content (AvgIpc) is 2.44. The molecule has 1 aromatic rings. The van der Waals surface area contributed by atoms with E-state index >= 15 is 0 Å². The predicted octanol–water partition coefficient (Wildman–Crippen LogP) is 3.30. The van der Waals surface area contributed by atoms with Crippen molar-refractivity contribution in [3.8, 4) is 0 Å². The maximum atomic E-state index is 13.3. The Labute approximate surface area is 119 Å². The molecule has 1 aliphatic heterocycles. The van der Waals surface area contributed by atoms with E-state index in [0.717, 1.165) is 24.6 Å². The van der Waals surface area contributed by atoms with Crippen LogP contribution in [0, 0.1) is 11.7 Å². The fourth-order valence-electron chi connectivity index (χ4n) is 2.60. The summed E-state index contributed by atoms with van der Waals surface area (Å²) in [4.78, 5) is 2.49. The fourth-order valence-corrected chi connectivity index (χ4v) is 2.80. The number of benzene rings is 1. The summed E-state index contributed by atoms with van der Waals surface area (Å²) < 4.78 is 13.3. The molecule has 0 aliphatic carbocycles. The molecule has 1 fully saturated rings. The molecule has 0 spiro atoms. The Morgan fingerprint density at radius 1 is 1.37 bits per heavy atom. The van der Waals surface area contributed by atoms with Gasteiger partial charge in [-0.05, 0) is 56.6 Å². The summed E-state index contributed by atoms with van der Waals surface area (Å²) in [5.74, 6) is 0.396. The van der Waals surface area contributed by atoms with Gasteiger partial charge in [-0.1, -0.05) is 30.7 Å². The SMILES string of the molecule is CCN1CCC(CNCc2cccc(F)c2Cl)CC1. The van der Waals surface area contributed by atoms with Crippen LogP contribution in [0.4, 0.5) is 4.39 Å². The molecule has 1 heterocycles. The Hall–Kier alpha value is -0.640. The number of hydrogen-bond donors (Lipinski definition) is 1. The zero-order valence-electron chi connectivity index (χ0n) is 11.5. The fraction of sp³-hybridized carbons (Fsp3) is 0.600. The van der Waals surface area contributed by atoms with Gasteiger partial charge in [0.25, 0.3) is 0 Å². The highest BCUT2D eigenvalue weighted by atomic mass is 35.5. The van der Waals surface area contributed by atoms with Gasteiger partial charge in [0.15, 0.2) is 0 Å². The summed E-state index contributed by atoms with van der Waals surface area (Å²) >= 11 is 5.93. The third-order valence-electron chi connectivity index (χ3n) is 3.93. The lowest BCUT2D eigenvalue weighted by atomic mass is 9.97. The van der Waals surface area contributed by atoms with Gasteiger partial charge in [0.1, 0.15) is 5.82 Å². The minimum atomic E-state index is -0.336. The van der Waals surface area contributed by atoms with Crippen LogP contribution in [-0.2, 0) is 6.54 Å². The van der Waals surface area contributed by atoms with Crippen LogP contribution in [0.25, 0.3) is 0 Å². The summed E-state index contributed by atoms with van der Waals surface area (Å²) in [6.45, 7) is 7.39. The van der Waals surface area contributed by atoms with Gasteiger partial charge in [-0.25, -0.2) is 4.39 Å². The van der Waals surface area contributed by atoms with Crippen molar-refractivity contribution in [2.75, 3.05) is 26.2 Å². The van der Waals surface area contributed by atoms with Crippen LogP contribution in [0.1, 0.15) is 25.3 Å². The number of piperidine rings is 1. The summed E-state index contributed by atoms with van der Waals surface area (Å²) in [6.07, 6.45) is 2.50. The maximum absolute atomic E-state index is 13.3. The first kappa shape index (κ1) is 14.8. The van der Waals surface area contributed by atoms with E-state index in [9.17, 15) is 4.39 Å². The van der Waals surface area contributed by atoms with Crippen LogP contribution >= 0.6 is 11.6 Å². The number of hydrogen-bond acceptors (Lipinski definition) is 2. The lowest BCUT2D eigenvalue weighted by Gasteiger charge is -2.31. The van der Waals surface area contributed by atoms with Crippen molar-refractivity contribution in [1.29, 1.82) is 0 Å². The Bertz CT molecular complexity index is 403. The number of nitrogens with one attached hydrogen (secondary N) is 1. The maximum Gasteiger partial charge on any atom is 0.142 e. The van der Waals surface area contributed by atoms with E-state index in [0.29, 0.717) is 6.54 Å². The molecular weight excluding hydrogens is 263 g/mol. The molecular formula is C15H22ClFN2. The molecule has 0 aromatic heterocycles. The van der Waals surface area contributed by atoms with Crippen molar-refractivity contribution >= 4 is 11.6 Å². The molecule has 4 heteroatoms. The highest BCUT2D eigenvalue weighted by Crippen LogP contribution is 2.20. The van der Waals surface area contributed by atoms with E-state index in [2.05, 4.69) is 17.1 Å². The number of halogens is 2. The van der Waals surface area contributed by atoms with E-state index < -0.39 is 0 Å². The van der Waals surface area contributed by atoms with E-state index in [1.54, 1.807) is 6.07 Å². The molecule has 1 aromatic carbocycles. The second-order valence-corrected chi connectivity index (χ2v) is 5.60. The molecule has 2 nitrogen and oxygen atoms in total. The highest BCUT2D eigenvalue weighted by Gasteiger charge is 2.17. The van der Waals surface area contributed by atoms with Crippen molar-refractivity contribution < 1.29 is 4.39 Å². The number of rotatable bonds is 5. The van der Waals surface area contributed by atoms with Gasteiger partial charge in [-0.2, -0.15) is 0 Å². The molecule has 0 saturated carbocycles. The Balaban J connectivity index is 1.74. The third-order valence-corrected chi connectivity index (χ3v) is 4.36. The van der Waals surface area contributed by atoms with E-state index in [-0.39, 0.29) is 10.8 Å². The first-order valence-corrected chi connectivity index (χ1v) is 7.44.